The van der Waals surface area contributed by atoms with E-state index in [1.165, 1.54) is 16.3 Å². The summed E-state index contributed by atoms with van der Waals surface area (Å²) in [6.45, 7) is 10.9. The van der Waals surface area contributed by atoms with Gasteiger partial charge in [0.25, 0.3) is 0 Å². The average Bonchev–Trinajstić information content (AvgIpc) is 3.34. The molecular weight excluding hydrogens is 556 g/mol. The van der Waals surface area contributed by atoms with Gasteiger partial charge in [0.2, 0.25) is 0 Å². The van der Waals surface area contributed by atoms with E-state index in [-0.39, 0.29) is 28.3 Å². The molecule has 2 aliphatic carbocycles. The zero-order chi connectivity index (χ0) is 31.5. The molecule has 0 bridgehead atoms. The molecule has 4 aromatic rings. The van der Waals surface area contributed by atoms with Gasteiger partial charge >= 0.3 is 0 Å². The van der Waals surface area contributed by atoms with E-state index in [4.69, 9.17) is 4.74 Å². The molecule has 3 aliphatic rings. The van der Waals surface area contributed by atoms with Crippen LogP contribution in [0.5, 0.6) is 0 Å². The van der Waals surface area contributed by atoms with E-state index < -0.39 is 0 Å². The van der Waals surface area contributed by atoms with Crippen molar-refractivity contribution in [3.05, 3.63) is 107 Å². The summed E-state index contributed by atoms with van der Waals surface area (Å²) < 4.78 is 7.78. The summed E-state index contributed by atoms with van der Waals surface area (Å²) in [5.41, 5.74) is 7.07. The number of hydrogen-bond donors (Lipinski definition) is 0. The number of carbonyl (C=O) groups is 2. The third-order valence-corrected chi connectivity index (χ3v) is 10.1. The lowest BCUT2D eigenvalue weighted by Gasteiger charge is -2.49. The van der Waals surface area contributed by atoms with Crippen LogP contribution in [0, 0.1) is 10.8 Å². The van der Waals surface area contributed by atoms with Crippen LogP contribution in [-0.2, 0) is 20.9 Å². The van der Waals surface area contributed by atoms with Gasteiger partial charge in [-0.25, -0.2) is 0 Å². The quantitative estimate of drug-likeness (QED) is 0.200. The summed E-state index contributed by atoms with van der Waals surface area (Å²) in [7, 11) is 1.73. The minimum absolute atomic E-state index is 0.144. The van der Waals surface area contributed by atoms with Crippen molar-refractivity contribution >= 4 is 33.2 Å². The molecule has 45 heavy (non-hydrogen) atoms. The molecule has 1 aliphatic heterocycles. The number of allylic oxidation sites excluding steroid dienone is 4. The van der Waals surface area contributed by atoms with Crippen molar-refractivity contribution in [1.82, 2.24) is 9.47 Å². The molecule has 5 heteroatoms. The van der Waals surface area contributed by atoms with Crippen molar-refractivity contribution in [3.8, 4) is 0 Å². The van der Waals surface area contributed by atoms with Crippen LogP contribution in [0.25, 0.3) is 21.7 Å². The molecule has 7 rings (SSSR count). The molecule has 0 radical (unpaired) electrons. The van der Waals surface area contributed by atoms with Crippen LogP contribution < -0.4 is 0 Å². The summed E-state index contributed by atoms with van der Waals surface area (Å²) in [6.07, 6.45) is 5.70. The lowest BCUT2D eigenvalue weighted by molar-refractivity contribution is -0.119. The first kappa shape index (κ1) is 29.7. The van der Waals surface area contributed by atoms with Gasteiger partial charge in [-0.2, -0.15) is 0 Å². The summed E-state index contributed by atoms with van der Waals surface area (Å²) >= 11 is 0. The number of methoxy groups -OCH3 is 1. The van der Waals surface area contributed by atoms with Gasteiger partial charge in [0.1, 0.15) is 0 Å². The van der Waals surface area contributed by atoms with Crippen LogP contribution in [0.15, 0.2) is 95.5 Å². The second-order valence-corrected chi connectivity index (χ2v) is 14.9. The van der Waals surface area contributed by atoms with Gasteiger partial charge in [-0.3, -0.25) is 9.59 Å². The van der Waals surface area contributed by atoms with E-state index in [1.54, 1.807) is 7.11 Å². The fraction of sp³-hybridized carbons (Fsp3) is 0.400. The molecule has 5 nitrogen and oxygen atoms in total. The number of aromatic nitrogens is 1. The van der Waals surface area contributed by atoms with Crippen molar-refractivity contribution < 1.29 is 14.3 Å². The lowest BCUT2D eigenvalue weighted by atomic mass is 9.63. The highest BCUT2D eigenvalue weighted by atomic mass is 16.5. The van der Waals surface area contributed by atoms with E-state index in [0.29, 0.717) is 26.0 Å². The molecule has 1 aromatic heterocycles. The van der Waals surface area contributed by atoms with Crippen molar-refractivity contribution in [2.24, 2.45) is 10.8 Å². The van der Waals surface area contributed by atoms with E-state index in [9.17, 15) is 9.59 Å². The SMILES string of the molecule is COCCCN1C2=C(C(=O)CC(C)(C)C2)C(c2cn(Cc3cccc4ccccc34)c3ccccc23)C2=C1CC(C)(C)CC2=O. The van der Waals surface area contributed by atoms with Crippen LogP contribution in [0.4, 0.5) is 0 Å². The number of para-hydroxylation sites is 1. The van der Waals surface area contributed by atoms with E-state index in [2.05, 4.69) is 110 Å². The molecular formula is C40H44N2O3. The zero-order valence-corrected chi connectivity index (χ0v) is 27.3. The Bertz CT molecular complexity index is 1840. The highest BCUT2D eigenvalue weighted by Crippen LogP contribution is 2.55. The van der Waals surface area contributed by atoms with Gasteiger partial charge in [0, 0.05) is 85.2 Å². The molecule has 232 valence electrons. The Hall–Kier alpha value is -3.96. The lowest BCUT2D eigenvalue weighted by Crippen LogP contribution is -2.44. The highest BCUT2D eigenvalue weighted by molar-refractivity contribution is 6.08. The number of benzene rings is 3. The Morgan fingerprint density at radius 1 is 0.756 bits per heavy atom. The van der Waals surface area contributed by atoms with Crippen LogP contribution in [0.2, 0.25) is 0 Å². The Labute approximate surface area is 266 Å². The summed E-state index contributed by atoms with van der Waals surface area (Å²) in [5, 5.41) is 3.58. The second-order valence-electron chi connectivity index (χ2n) is 14.9. The fourth-order valence-electron chi connectivity index (χ4n) is 8.25. The van der Waals surface area contributed by atoms with Gasteiger partial charge in [-0.15, -0.1) is 0 Å². The van der Waals surface area contributed by atoms with E-state index >= 15 is 0 Å². The predicted octanol–water partition coefficient (Wildman–Crippen LogP) is 8.56. The predicted molar refractivity (Wildman–Crippen MR) is 181 cm³/mol. The number of fused-ring (bicyclic) bond motifs is 2. The van der Waals surface area contributed by atoms with Gasteiger partial charge < -0.3 is 14.2 Å². The van der Waals surface area contributed by atoms with E-state index in [1.807, 2.05) is 0 Å². The van der Waals surface area contributed by atoms with Crippen molar-refractivity contribution in [2.45, 2.75) is 72.3 Å². The maximum atomic E-state index is 14.3. The first-order valence-corrected chi connectivity index (χ1v) is 16.4. The Kier molecular flexibility index (Phi) is 7.36. The van der Waals surface area contributed by atoms with Gasteiger partial charge in [-0.1, -0.05) is 88.4 Å². The van der Waals surface area contributed by atoms with Crippen LogP contribution in [-0.4, -0.2) is 41.3 Å². The molecule has 0 amide bonds. The zero-order valence-electron chi connectivity index (χ0n) is 27.3. The standard InChI is InChI=1S/C40H44N2O3/c1-39(2)20-32-37(34(43)22-39)36(38-33(42(32)18-11-19-45-5)21-40(3,4)23-35(38)44)30-25-41(31-17-9-8-16-29(30)31)24-27-14-10-13-26-12-6-7-15-28(26)27/h6-10,12-17,25,36H,11,18-24H2,1-5H3. The van der Waals surface area contributed by atoms with Crippen LogP contribution in [0.1, 0.15) is 76.8 Å². The van der Waals surface area contributed by atoms with Gasteiger partial charge in [0.05, 0.1) is 0 Å². The maximum Gasteiger partial charge on any atom is 0.162 e. The fourth-order valence-corrected chi connectivity index (χ4v) is 8.25. The number of carbonyl (C=O) groups excluding carboxylic acids is 2. The number of rotatable bonds is 7. The average molecular weight is 601 g/mol. The maximum absolute atomic E-state index is 14.3. The summed E-state index contributed by atoms with van der Waals surface area (Å²) in [4.78, 5) is 31.1. The number of ketones is 2. The molecule has 0 saturated carbocycles. The molecule has 0 N–H and O–H groups in total. The summed E-state index contributed by atoms with van der Waals surface area (Å²) in [6, 6.07) is 23.5. The molecule has 0 spiro atoms. The Balaban J connectivity index is 1.45. The number of ether oxygens (including phenoxy) is 1. The van der Waals surface area contributed by atoms with Gasteiger partial charge in [-0.05, 0) is 58.1 Å². The molecule has 0 unspecified atom stereocenters. The Morgan fingerprint density at radius 2 is 1.36 bits per heavy atom. The van der Waals surface area contributed by atoms with Crippen LogP contribution >= 0.6 is 0 Å². The number of nitrogens with zero attached hydrogens (tertiary/aromatic N) is 2. The third kappa shape index (κ3) is 5.25. The smallest absolute Gasteiger partial charge is 0.162 e. The molecule has 3 aromatic carbocycles. The van der Waals surface area contributed by atoms with Crippen LogP contribution in [0.3, 0.4) is 0 Å². The largest absolute Gasteiger partial charge is 0.385 e. The monoisotopic (exact) mass is 600 g/mol. The van der Waals surface area contributed by atoms with E-state index in [0.717, 1.165) is 64.8 Å². The number of Topliss-reactive ketones (excluding diaryl/α,β-unsaturated/α-hetero) is 2. The highest BCUT2D eigenvalue weighted by Gasteiger charge is 2.49. The molecule has 2 heterocycles. The van der Waals surface area contributed by atoms with Gasteiger partial charge in [0.15, 0.2) is 11.6 Å². The second kappa shape index (κ2) is 11.1. The van der Waals surface area contributed by atoms with Crippen molar-refractivity contribution in [2.75, 3.05) is 20.3 Å². The first-order chi connectivity index (χ1) is 21.6. The normalized spacial score (nSPS) is 19.9. The minimum atomic E-state index is -0.362. The van der Waals surface area contributed by atoms with Crippen molar-refractivity contribution in [3.63, 3.8) is 0 Å². The third-order valence-electron chi connectivity index (χ3n) is 10.1. The minimum Gasteiger partial charge on any atom is -0.385 e. The first-order valence-electron chi connectivity index (χ1n) is 16.4. The molecule has 0 atom stereocenters. The molecule has 0 saturated heterocycles. The Morgan fingerprint density at radius 3 is 2.02 bits per heavy atom. The topological polar surface area (TPSA) is 51.5 Å². The molecule has 0 fully saturated rings. The summed E-state index contributed by atoms with van der Waals surface area (Å²) in [5.74, 6) is -0.00402. The van der Waals surface area contributed by atoms with Crippen molar-refractivity contribution in [1.29, 1.82) is 0 Å². The number of hydrogen-bond acceptors (Lipinski definition) is 4.